The lowest BCUT2D eigenvalue weighted by atomic mass is 10.1. The van der Waals surface area contributed by atoms with E-state index in [2.05, 4.69) is 15.9 Å². The first-order valence-corrected chi connectivity index (χ1v) is 10.0. The summed E-state index contributed by atoms with van der Waals surface area (Å²) in [5.74, 6) is 0.210. The topological polar surface area (TPSA) is 85.2 Å². The lowest BCUT2D eigenvalue weighted by molar-refractivity contribution is -0.133. The lowest BCUT2D eigenvalue weighted by Gasteiger charge is -2.12. The number of aromatic nitrogens is 2. The number of hydrogen-bond acceptors (Lipinski definition) is 4. The number of carbonyl (C=O) groups is 2. The van der Waals surface area contributed by atoms with Gasteiger partial charge in [0.2, 0.25) is 11.8 Å². The van der Waals surface area contributed by atoms with Crippen molar-refractivity contribution in [2.75, 3.05) is 11.9 Å². The Morgan fingerprint density at radius 1 is 0.967 bits per heavy atom. The van der Waals surface area contributed by atoms with E-state index in [1.807, 2.05) is 67.6 Å². The highest BCUT2D eigenvalue weighted by atomic mass is 16.6. The Bertz CT molecular complexity index is 984. The van der Waals surface area contributed by atoms with Crippen molar-refractivity contribution >= 4 is 17.6 Å². The van der Waals surface area contributed by atoms with E-state index in [-0.39, 0.29) is 24.7 Å². The molecule has 1 aromatic heterocycles. The maximum atomic E-state index is 12.7. The van der Waals surface area contributed by atoms with Crippen LogP contribution in [0.5, 0.6) is 0 Å². The Morgan fingerprint density at radius 3 is 2.27 bits per heavy atom. The summed E-state index contributed by atoms with van der Waals surface area (Å²) < 4.78 is 1.75. The number of anilines is 1. The summed E-state index contributed by atoms with van der Waals surface area (Å²) in [4.78, 5) is 29.2. The van der Waals surface area contributed by atoms with E-state index in [0.717, 1.165) is 22.5 Å². The monoisotopic (exact) mass is 406 g/mol. The van der Waals surface area contributed by atoms with E-state index in [0.29, 0.717) is 18.8 Å². The van der Waals surface area contributed by atoms with Gasteiger partial charge in [0.1, 0.15) is 5.82 Å². The summed E-state index contributed by atoms with van der Waals surface area (Å²) in [7, 11) is 0. The van der Waals surface area contributed by atoms with Gasteiger partial charge in [-0.05, 0) is 38.0 Å². The van der Waals surface area contributed by atoms with Gasteiger partial charge < -0.3 is 5.32 Å². The molecule has 30 heavy (non-hydrogen) atoms. The number of carbonyl (C=O) groups excluding carboxylic acids is 2. The third-order valence-electron chi connectivity index (χ3n) is 4.52. The fourth-order valence-electron chi connectivity index (χ4n) is 3.16. The van der Waals surface area contributed by atoms with Crippen LogP contribution in [-0.4, -0.2) is 28.2 Å². The van der Waals surface area contributed by atoms with E-state index < -0.39 is 0 Å². The molecule has 0 fully saturated rings. The normalized spacial score (nSPS) is 10.6. The number of hydrogen-bond donors (Lipinski definition) is 2. The van der Waals surface area contributed by atoms with E-state index in [4.69, 9.17) is 4.84 Å². The van der Waals surface area contributed by atoms with Crippen molar-refractivity contribution in [3.8, 4) is 16.8 Å². The number of nitrogens with one attached hydrogen (secondary N) is 2. The lowest BCUT2D eigenvalue weighted by Crippen LogP contribution is -2.23. The molecule has 0 aliphatic rings. The van der Waals surface area contributed by atoms with Crippen LogP contribution in [0.3, 0.4) is 0 Å². The molecule has 3 rings (SSSR count). The zero-order chi connectivity index (χ0) is 21.3. The first-order valence-electron chi connectivity index (χ1n) is 10.0. The van der Waals surface area contributed by atoms with Crippen molar-refractivity contribution in [1.82, 2.24) is 15.3 Å². The predicted octanol–water partition coefficient (Wildman–Crippen LogP) is 4.02. The molecule has 2 aromatic carbocycles. The van der Waals surface area contributed by atoms with Gasteiger partial charge in [0.15, 0.2) is 0 Å². The zero-order valence-corrected chi connectivity index (χ0v) is 17.2. The van der Waals surface area contributed by atoms with E-state index in [1.165, 1.54) is 0 Å². The minimum Gasteiger partial charge on any atom is -0.310 e. The van der Waals surface area contributed by atoms with Crippen LogP contribution < -0.4 is 10.8 Å². The van der Waals surface area contributed by atoms with Crippen LogP contribution in [0.4, 0.5) is 5.82 Å². The zero-order valence-electron chi connectivity index (χ0n) is 17.2. The highest BCUT2D eigenvalue weighted by Gasteiger charge is 2.20. The Kier molecular flexibility index (Phi) is 7.34. The third kappa shape index (κ3) is 5.33. The molecule has 0 aliphatic carbocycles. The van der Waals surface area contributed by atoms with Crippen LogP contribution in [0.15, 0.2) is 60.7 Å². The van der Waals surface area contributed by atoms with Gasteiger partial charge in [0.25, 0.3) is 0 Å². The van der Waals surface area contributed by atoms with Crippen LogP contribution in [0.25, 0.3) is 16.8 Å². The smallest absolute Gasteiger partial charge is 0.243 e. The molecule has 7 nitrogen and oxygen atoms in total. The number of rotatable bonds is 9. The molecule has 0 saturated heterocycles. The maximum Gasteiger partial charge on any atom is 0.243 e. The standard InChI is InChI=1S/C23H26N4O3/c1-3-30-26-21(29)16-10-15-20(28)24-23-22(18-11-6-4-7-12-18)17(2)25-27(23)19-13-8-5-9-14-19/h4-9,11-14H,3,10,15-16H2,1-2H3,(H,24,28)(H,26,29). The molecule has 3 aromatic rings. The predicted molar refractivity (Wildman–Crippen MR) is 116 cm³/mol. The van der Waals surface area contributed by atoms with E-state index >= 15 is 0 Å². The number of benzene rings is 2. The fourth-order valence-corrected chi connectivity index (χ4v) is 3.16. The molecule has 0 unspecified atom stereocenters. The molecule has 156 valence electrons. The number of aryl methyl sites for hydroxylation is 1. The molecular weight excluding hydrogens is 380 g/mol. The van der Waals surface area contributed by atoms with Gasteiger partial charge in [0.05, 0.1) is 18.0 Å². The van der Waals surface area contributed by atoms with Crippen molar-refractivity contribution in [2.24, 2.45) is 0 Å². The largest absolute Gasteiger partial charge is 0.310 e. The summed E-state index contributed by atoms with van der Waals surface area (Å²) >= 11 is 0. The van der Waals surface area contributed by atoms with Crippen LogP contribution in [0, 0.1) is 6.92 Å². The van der Waals surface area contributed by atoms with E-state index in [9.17, 15) is 9.59 Å². The third-order valence-corrected chi connectivity index (χ3v) is 4.52. The van der Waals surface area contributed by atoms with Crippen molar-refractivity contribution in [1.29, 1.82) is 0 Å². The van der Waals surface area contributed by atoms with Crippen LogP contribution in [0.1, 0.15) is 31.9 Å². The SMILES string of the molecule is CCONC(=O)CCCC(=O)Nc1c(-c2ccccc2)c(C)nn1-c1ccccc1. The van der Waals surface area contributed by atoms with Crippen molar-refractivity contribution in [3.63, 3.8) is 0 Å². The van der Waals surface area contributed by atoms with Crippen molar-refractivity contribution in [2.45, 2.75) is 33.1 Å². The number of amides is 2. The molecule has 0 spiro atoms. The van der Waals surface area contributed by atoms with Gasteiger partial charge in [-0.3, -0.25) is 14.4 Å². The molecule has 0 atom stereocenters. The fraction of sp³-hybridized carbons (Fsp3) is 0.261. The van der Waals surface area contributed by atoms with Gasteiger partial charge >= 0.3 is 0 Å². The second kappa shape index (κ2) is 10.4. The summed E-state index contributed by atoms with van der Waals surface area (Å²) in [6.07, 6.45) is 0.854. The Balaban J connectivity index is 1.81. The minimum absolute atomic E-state index is 0.173. The first-order chi connectivity index (χ1) is 14.6. The molecule has 2 amide bonds. The summed E-state index contributed by atoms with van der Waals surface area (Å²) in [5, 5.41) is 7.69. The average molecular weight is 406 g/mol. The van der Waals surface area contributed by atoms with Crippen LogP contribution in [-0.2, 0) is 14.4 Å². The average Bonchev–Trinajstić information content (AvgIpc) is 3.09. The van der Waals surface area contributed by atoms with Gasteiger partial charge in [0, 0.05) is 18.4 Å². The van der Waals surface area contributed by atoms with Gasteiger partial charge in [-0.15, -0.1) is 0 Å². The Hall–Kier alpha value is -3.45. The molecule has 1 heterocycles. The summed E-state index contributed by atoms with van der Waals surface area (Å²) in [6, 6.07) is 19.5. The van der Waals surface area contributed by atoms with E-state index in [1.54, 1.807) is 11.6 Å². The van der Waals surface area contributed by atoms with Crippen molar-refractivity contribution < 1.29 is 14.4 Å². The molecule has 0 saturated carbocycles. The summed E-state index contributed by atoms with van der Waals surface area (Å²) in [5.41, 5.74) is 5.86. The Morgan fingerprint density at radius 2 is 1.60 bits per heavy atom. The highest BCUT2D eigenvalue weighted by molar-refractivity contribution is 5.95. The highest BCUT2D eigenvalue weighted by Crippen LogP contribution is 2.33. The van der Waals surface area contributed by atoms with Crippen LogP contribution >= 0.6 is 0 Å². The number of para-hydroxylation sites is 1. The van der Waals surface area contributed by atoms with Crippen LogP contribution in [0.2, 0.25) is 0 Å². The molecule has 0 radical (unpaired) electrons. The molecular formula is C23H26N4O3. The molecule has 2 N–H and O–H groups in total. The number of nitrogens with zero attached hydrogens (tertiary/aromatic N) is 2. The van der Waals surface area contributed by atoms with Gasteiger partial charge in [-0.2, -0.15) is 5.10 Å². The van der Waals surface area contributed by atoms with Gasteiger partial charge in [-0.25, -0.2) is 10.2 Å². The quantitative estimate of drug-likeness (QED) is 0.526. The Labute approximate surface area is 176 Å². The summed E-state index contributed by atoms with van der Waals surface area (Å²) in [6.45, 7) is 4.11. The van der Waals surface area contributed by atoms with Crippen molar-refractivity contribution in [3.05, 3.63) is 66.4 Å². The maximum absolute atomic E-state index is 12.7. The van der Waals surface area contributed by atoms with Gasteiger partial charge in [-0.1, -0.05) is 48.5 Å². The minimum atomic E-state index is -0.236. The molecule has 0 bridgehead atoms. The number of hydroxylamine groups is 1. The second-order valence-electron chi connectivity index (χ2n) is 6.78. The molecule has 7 heteroatoms. The second-order valence-corrected chi connectivity index (χ2v) is 6.78. The molecule has 0 aliphatic heterocycles. The first kappa shape index (κ1) is 21.3.